The van der Waals surface area contributed by atoms with Crippen molar-refractivity contribution >= 4 is 5.97 Å². The topological polar surface area (TPSA) is 42.0 Å². The van der Waals surface area contributed by atoms with Crippen LogP contribution in [0.5, 0.6) is 0 Å². The molecule has 0 aliphatic carbocycles. The van der Waals surface area contributed by atoms with E-state index in [9.17, 15) is 4.79 Å². The first-order valence-corrected chi connectivity index (χ1v) is 11.6. The first kappa shape index (κ1) is 21.0. The Hall–Kier alpha value is -1.92. The highest BCUT2D eigenvalue weighted by molar-refractivity contribution is 5.90. The lowest BCUT2D eigenvalue weighted by Crippen LogP contribution is -2.53. The number of nitrogens with zero attached hydrogens (tertiary/aromatic N) is 2. The minimum Gasteiger partial charge on any atom is -0.456 e. The van der Waals surface area contributed by atoms with Gasteiger partial charge in [0.1, 0.15) is 12.8 Å². The standard InChI is InChI=1S/C25H33FN2O3/c1-17-19(3-4-20-14-30-15-21(17)20)5-9-27-10-6-25(7-11-27)8-12-28(13-23(25)26)22-16-31-24(29)18(22)2/h3-4,23H,5-16H2,1-2H3. The van der Waals surface area contributed by atoms with Crippen molar-refractivity contribution in [3.8, 4) is 0 Å². The van der Waals surface area contributed by atoms with Crippen molar-refractivity contribution in [1.29, 1.82) is 0 Å². The molecule has 4 aliphatic heterocycles. The predicted molar refractivity (Wildman–Crippen MR) is 116 cm³/mol. The molecule has 4 aliphatic rings. The number of halogens is 1. The van der Waals surface area contributed by atoms with Gasteiger partial charge in [0, 0.05) is 25.0 Å². The summed E-state index contributed by atoms with van der Waals surface area (Å²) in [6.07, 6.45) is 2.90. The fourth-order valence-corrected chi connectivity index (χ4v) is 5.83. The van der Waals surface area contributed by atoms with E-state index in [2.05, 4.69) is 24.0 Å². The van der Waals surface area contributed by atoms with Gasteiger partial charge in [-0.25, -0.2) is 9.18 Å². The van der Waals surface area contributed by atoms with Gasteiger partial charge in [-0.2, -0.15) is 0 Å². The van der Waals surface area contributed by atoms with Gasteiger partial charge < -0.3 is 19.3 Å². The van der Waals surface area contributed by atoms with Crippen molar-refractivity contribution in [2.24, 2.45) is 5.41 Å². The Labute approximate surface area is 184 Å². The lowest BCUT2D eigenvalue weighted by molar-refractivity contribution is -0.136. The largest absolute Gasteiger partial charge is 0.456 e. The summed E-state index contributed by atoms with van der Waals surface area (Å²) in [5.74, 6) is -0.259. The Morgan fingerprint density at radius 3 is 2.58 bits per heavy atom. The number of ether oxygens (including phenoxy) is 2. The van der Waals surface area contributed by atoms with Crippen molar-refractivity contribution < 1.29 is 18.7 Å². The first-order chi connectivity index (χ1) is 15.0. The minimum absolute atomic E-state index is 0.203. The zero-order valence-electron chi connectivity index (χ0n) is 18.7. The number of likely N-dealkylation sites (tertiary alicyclic amines) is 2. The van der Waals surface area contributed by atoms with E-state index in [-0.39, 0.29) is 11.4 Å². The molecule has 4 heterocycles. The van der Waals surface area contributed by atoms with Crippen LogP contribution in [0.4, 0.5) is 4.39 Å². The van der Waals surface area contributed by atoms with E-state index >= 15 is 4.39 Å². The van der Waals surface area contributed by atoms with Crippen LogP contribution in [0.15, 0.2) is 23.4 Å². The smallest absolute Gasteiger partial charge is 0.335 e. The van der Waals surface area contributed by atoms with E-state index in [1.165, 1.54) is 22.3 Å². The number of alkyl halides is 1. The molecule has 0 saturated carbocycles. The average molecular weight is 429 g/mol. The third-order valence-electron chi connectivity index (χ3n) is 8.25. The average Bonchev–Trinajstić information content (AvgIpc) is 3.38. The van der Waals surface area contributed by atoms with Crippen molar-refractivity contribution in [3.63, 3.8) is 0 Å². The fourth-order valence-electron chi connectivity index (χ4n) is 5.83. The number of rotatable bonds is 4. The van der Waals surface area contributed by atoms with E-state index in [0.29, 0.717) is 18.7 Å². The van der Waals surface area contributed by atoms with Gasteiger partial charge in [0.15, 0.2) is 0 Å². The molecule has 5 rings (SSSR count). The van der Waals surface area contributed by atoms with E-state index in [4.69, 9.17) is 9.47 Å². The number of fused-ring (bicyclic) bond motifs is 1. The Kier molecular flexibility index (Phi) is 5.55. The summed E-state index contributed by atoms with van der Waals surface area (Å²) in [4.78, 5) is 16.2. The van der Waals surface area contributed by atoms with E-state index in [0.717, 1.165) is 70.8 Å². The zero-order chi connectivity index (χ0) is 21.6. The highest BCUT2D eigenvalue weighted by atomic mass is 19.1. The quantitative estimate of drug-likeness (QED) is 0.687. The van der Waals surface area contributed by atoms with Crippen LogP contribution in [0.25, 0.3) is 0 Å². The van der Waals surface area contributed by atoms with Crippen molar-refractivity contribution in [3.05, 3.63) is 45.7 Å². The van der Waals surface area contributed by atoms with Crippen LogP contribution in [0.2, 0.25) is 0 Å². The number of hydrogen-bond acceptors (Lipinski definition) is 5. The van der Waals surface area contributed by atoms with Crippen LogP contribution in [0.1, 0.15) is 48.4 Å². The molecule has 1 aromatic carbocycles. The molecule has 5 nitrogen and oxygen atoms in total. The van der Waals surface area contributed by atoms with E-state index in [1.807, 2.05) is 4.90 Å². The molecule has 168 valence electrons. The van der Waals surface area contributed by atoms with Gasteiger partial charge >= 0.3 is 5.97 Å². The summed E-state index contributed by atoms with van der Waals surface area (Å²) in [5, 5.41) is 0. The molecular weight excluding hydrogens is 395 g/mol. The number of piperidine rings is 2. The third-order valence-corrected chi connectivity index (χ3v) is 8.25. The fraction of sp³-hybridized carbons (Fsp3) is 0.640. The number of esters is 1. The number of hydrogen-bond donors (Lipinski definition) is 0. The molecule has 0 radical (unpaired) electrons. The predicted octanol–water partition coefficient (Wildman–Crippen LogP) is 3.52. The SMILES string of the molecule is CC1=C(N2CCC3(CCN(CCc4ccc5c(c4C)COC5)CC3)C(F)C2)COC1=O. The van der Waals surface area contributed by atoms with Crippen molar-refractivity contribution in [2.75, 3.05) is 39.3 Å². The van der Waals surface area contributed by atoms with Gasteiger partial charge in [-0.1, -0.05) is 12.1 Å². The maximum absolute atomic E-state index is 15.4. The molecule has 1 unspecified atom stereocenters. The molecule has 1 atom stereocenters. The summed E-state index contributed by atoms with van der Waals surface area (Å²) >= 11 is 0. The number of benzene rings is 1. The Balaban J connectivity index is 1.15. The molecule has 1 spiro atoms. The molecule has 2 fully saturated rings. The highest BCUT2D eigenvalue weighted by Gasteiger charge is 2.46. The number of carbonyl (C=O) groups is 1. The van der Waals surface area contributed by atoms with Gasteiger partial charge in [0.25, 0.3) is 0 Å². The van der Waals surface area contributed by atoms with E-state index < -0.39 is 6.17 Å². The van der Waals surface area contributed by atoms with Crippen LogP contribution >= 0.6 is 0 Å². The van der Waals surface area contributed by atoms with Gasteiger partial charge in [-0.3, -0.25) is 0 Å². The summed E-state index contributed by atoms with van der Waals surface area (Å²) < 4.78 is 26.1. The van der Waals surface area contributed by atoms with Crippen molar-refractivity contribution in [2.45, 2.75) is 58.9 Å². The lowest BCUT2D eigenvalue weighted by atomic mass is 9.70. The van der Waals surface area contributed by atoms with Gasteiger partial charge in [0.05, 0.1) is 24.5 Å². The van der Waals surface area contributed by atoms with Crippen LogP contribution in [-0.4, -0.2) is 61.3 Å². The van der Waals surface area contributed by atoms with E-state index in [1.54, 1.807) is 6.92 Å². The Morgan fingerprint density at radius 2 is 1.87 bits per heavy atom. The molecule has 31 heavy (non-hydrogen) atoms. The molecule has 0 aromatic heterocycles. The van der Waals surface area contributed by atoms with Crippen LogP contribution in [0.3, 0.4) is 0 Å². The Bertz CT molecular complexity index is 904. The molecule has 0 N–H and O–H groups in total. The van der Waals surface area contributed by atoms with Crippen LogP contribution in [-0.2, 0) is 33.9 Å². The number of carbonyl (C=O) groups excluding carboxylic acids is 1. The molecule has 6 heteroatoms. The summed E-state index contributed by atoms with van der Waals surface area (Å²) in [6, 6.07) is 4.48. The molecule has 0 amide bonds. The molecular formula is C25H33FN2O3. The monoisotopic (exact) mass is 428 g/mol. The van der Waals surface area contributed by atoms with Gasteiger partial charge in [-0.15, -0.1) is 0 Å². The molecule has 0 bridgehead atoms. The minimum atomic E-state index is -0.849. The third kappa shape index (κ3) is 3.78. The molecule has 1 aromatic rings. The maximum Gasteiger partial charge on any atom is 0.335 e. The second-order valence-corrected chi connectivity index (χ2v) is 9.75. The van der Waals surface area contributed by atoms with Crippen molar-refractivity contribution in [1.82, 2.24) is 9.80 Å². The molecule has 2 saturated heterocycles. The van der Waals surface area contributed by atoms with Crippen LogP contribution < -0.4 is 0 Å². The lowest BCUT2D eigenvalue weighted by Gasteiger charge is -2.49. The summed E-state index contributed by atoms with van der Waals surface area (Å²) in [6.45, 7) is 9.97. The Morgan fingerprint density at radius 1 is 1.10 bits per heavy atom. The first-order valence-electron chi connectivity index (χ1n) is 11.6. The number of cyclic esters (lactones) is 1. The zero-order valence-corrected chi connectivity index (χ0v) is 18.7. The second-order valence-electron chi connectivity index (χ2n) is 9.75. The normalized spacial score (nSPS) is 26.0. The van der Waals surface area contributed by atoms with Gasteiger partial charge in [-0.05, 0) is 74.9 Å². The highest BCUT2D eigenvalue weighted by Crippen LogP contribution is 2.44. The maximum atomic E-state index is 15.4. The summed E-state index contributed by atoms with van der Waals surface area (Å²) in [7, 11) is 0. The van der Waals surface area contributed by atoms with Gasteiger partial charge in [0.2, 0.25) is 0 Å². The van der Waals surface area contributed by atoms with Crippen LogP contribution in [0, 0.1) is 12.3 Å². The summed E-state index contributed by atoms with van der Waals surface area (Å²) in [5.41, 5.74) is 6.84. The second kappa shape index (κ2) is 8.21.